The SMILES string of the molecule is CCC(CC)COc1ccc(C)cc1B(O)O. The Morgan fingerprint density at radius 1 is 1.24 bits per heavy atom. The Labute approximate surface area is 104 Å². The molecule has 0 spiro atoms. The van der Waals surface area contributed by atoms with Crippen molar-refractivity contribution in [3.8, 4) is 5.75 Å². The Bertz CT molecular complexity index is 349. The number of hydrogen-bond acceptors (Lipinski definition) is 3. The predicted octanol–water partition coefficient (Wildman–Crippen LogP) is 1.49. The molecule has 2 N–H and O–H groups in total. The van der Waals surface area contributed by atoms with Gasteiger partial charge in [-0.05, 0) is 18.9 Å². The highest BCUT2D eigenvalue weighted by atomic mass is 16.5. The number of aryl methyl sites for hydroxylation is 1. The van der Waals surface area contributed by atoms with Crippen molar-refractivity contribution < 1.29 is 14.8 Å². The zero-order chi connectivity index (χ0) is 12.8. The molecule has 0 unspecified atom stereocenters. The summed E-state index contributed by atoms with van der Waals surface area (Å²) < 4.78 is 5.68. The quantitative estimate of drug-likeness (QED) is 0.735. The molecule has 0 atom stereocenters. The van der Waals surface area contributed by atoms with Gasteiger partial charge in [-0.2, -0.15) is 0 Å². The zero-order valence-corrected chi connectivity index (χ0v) is 10.8. The van der Waals surface area contributed by atoms with Gasteiger partial charge >= 0.3 is 7.12 Å². The van der Waals surface area contributed by atoms with Crippen LogP contribution < -0.4 is 10.2 Å². The van der Waals surface area contributed by atoms with E-state index >= 15 is 0 Å². The van der Waals surface area contributed by atoms with Crippen molar-refractivity contribution in [2.45, 2.75) is 33.6 Å². The van der Waals surface area contributed by atoms with Crippen LogP contribution in [0.3, 0.4) is 0 Å². The van der Waals surface area contributed by atoms with Crippen molar-refractivity contribution in [1.82, 2.24) is 0 Å². The van der Waals surface area contributed by atoms with E-state index in [-0.39, 0.29) is 0 Å². The van der Waals surface area contributed by atoms with Gasteiger partial charge in [0.25, 0.3) is 0 Å². The molecule has 0 aromatic heterocycles. The molecule has 3 nitrogen and oxygen atoms in total. The van der Waals surface area contributed by atoms with Crippen LogP contribution in [-0.4, -0.2) is 23.8 Å². The molecule has 0 aliphatic carbocycles. The fraction of sp³-hybridized carbons (Fsp3) is 0.538. The van der Waals surface area contributed by atoms with Crippen LogP contribution in [0.2, 0.25) is 0 Å². The van der Waals surface area contributed by atoms with Crippen LogP contribution in [0.15, 0.2) is 18.2 Å². The molecule has 1 aromatic rings. The van der Waals surface area contributed by atoms with E-state index in [2.05, 4.69) is 13.8 Å². The van der Waals surface area contributed by atoms with Gasteiger partial charge in [-0.1, -0.05) is 44.4 Å². The molecular weight excluding hydrogens is 215 g/mol. The highest BCUT2D eigenvalue weighted by Gasteiger charge is 2.17. The highest BCUT2D eigenvalue weighted by molar-refractivity contribution is 6.59. The standard InChI is InChI=1S/C13H21BO3/c1-4-11(5-2)9-17-13-7-6-10(3)8-12(13)14(15)16/h6-8,11,15-16H,4-5,9H2,1-3H3. The first-order valence-corrected chi connectivity index (χ1v) is 6.17. The molecule has 0 radical (unpaired) electrons. The van der Waals surface area contributed by atoms with Crippen molar-refractivity contribution >= 4 is 12.6 Å². The van der Waals surface area contributed by atoms with Crippen molar-refractivity contribution in [2.24, 2.45) is 5.92 Å². The summed E-state index contributed by atoms with van der Waals surface area (Å²) in [5, 5.41) is 18.6. The van der Waals surface area contributed by atoms with E-state index in [0.717, 1.165) is 18.4 Å². The second-order valence-electron chi connectivity index (χ2n) is 4.41. The summed E-state index contributed by atoms with van der Waals surface area (Å²) in [4.78, 5) is 0. The first-order chi connectivity index (χ1) is 8.08. The summed E-state index contributed by atoms with van der Waals surface area (Å²) in [5.74, 6) is 1.08. The predicted molar refractivity (Wildman–Crippen MR) is 70.6 cm³/mol. The first kappa shape index (κ1) is 14.1. The van der Waals surface area contributed by atoms with E-state index < -0.39 is 7.12 Å². The van der Waals surface area contributed by atoms with E-state index in [0.29, 0.717) is 23.7 Å². The first-order valence-electron chi connectivity index (χ1n) is 6.17. The minimum Gasteiger partial charge on any atom is -0.494 e. The summed E-state index contributed by atoms with van der Waals surface area (Å²) in [6, 6.07) is 5.45. The van der Waals surface area contributed by atoms with Crippen LogP contribution >= 0.6 is 0 Å². The molecule has 0 saturated carbocycles. The normalized spacial score (nSPS) is 10.7. The molecule has 0 aliphatic heterocycles. The van der Waals surface area contributed by atoms with Crippen molar-refractivity contribution in [1.29, 1.82) is 0 Å². The number of benzene rings is 1. The largest absolute Gasteiger partial charge is 0.494 e. The number of hydrogen-bond donors (Lipinski definition) is 2. The third-order valence-electron chi connectivity index (χ3n) is 3.07. The van der Waals surface area contributed by atoms with Gasteiger partial charge in [-0.3, -0.25) is 0 Å². The van der Waals surface area contributed by atoms with E-state index in [1.807, 2.05) is 13.0 Å². The molecule has 0 amide bonds. The Kier molecular flexibility index (Phi) is 5.52. The molecule has 94 valence electrons. The van der Waals surface area contributed by atoms with Gasteiger partial charge in [-0.25, -0.2) is 0 Å². The molecule has 1 aromatic carbocycles. The van der Waals surface area contributed by atoms with Crippen LogP contribution in [0.4, 0.5) is 0 Å². The van der Waals surface area contributed by atoms with Gasteiger partial charge in [0.2, 0.25) is 0 Å². The van der Waals surface area contributed by atoms with Gasteiger partial charge < -0.3 is 14.8 Å². The molecule has 4 heteroatoms. The van der Waals surface area contributed by atoms with Crippen LogP contribution in [0.25, 0.3) is 0 Å². The molecule has 0 heterocycles. The summed E-state index contributed by atoms with van der Waals surface area (Å²) >= 11 is 0. The monoisotopic (exact) mass is 236 g/mol. The van der Waals surface area contributed by atoms with Crippen LogP contribution in [0.1, 0.15) is 32.3 Å². The molecule has 0 aliphatic rings. The van der Waals surface area contributed by atoms with Gasteiger partial charge in [-0.15, -0.1) is 0 Å². The zero-order valence-electron chi connectivity index (χ0n) is 10.8. The van der Waals surface area contributed by atoms with E-state index in [1.54, 1.807) is 12.1 Å². The Hall–Kier alpha value is -0.995. The second-order valence-corrected chi connectivity index (χ2v) is 4.41. The fourth-order valence-electron chi connectivity index (χ4n) is 1.73. The van der Waals surface area contributed by atoms with Crippen molar-refractivity contribution in [3.63, 3.8) is 0 Å². The lowest BCUT2D eigenvalue weighted by Gasteiger charge is -2.16. The smallest absolute Gasteiger partial charge is 0.492 e. The Balaban J connectivity index is 2.76. The minimum atomic E-state index is -1.48. The molecule has 0 saturated heterocycles. The molecule has 17 heavy (non-hydrogen) atoms. The molecular formula is C13H21BO3. The third-order valence-corrected chi connectivity index (χ3v) is 3.07. The van der Waals surface area contributed by atoms with E-state index in [9.17, 15) is 10.0 Å². The summed E-state index contributed by atoms with van der Waals surface area (Å²) in [5.41, 5.74) is 1.43. The minimum absolute atomic E-state index is 0.441. The van der Waals surface area contributed by atoms with Gasteiger partial charge in [0, 0.05) is 5.46 Å². The van der Waals surface area contributed by atoms with E-state index in [1.165, 1.54) is 0 Å². The summed E-state index contributed by atoms with van der Waals surface area (Å²) in [6.45, 7) is 6.80. The number of rotatable bonds is 6. The third kappa shape index (κ3) is 4.06. The molecule has 1 rings (SSSR count). The van der Waals surface area contributed by atoms with Gasteiger partial charge in [0.05, 0.1) is 6.61 Å². The molecule has 0 bridgehead atoms. The number of ether oxygens (including phenoxy) is 1. The lowest BCUT2D eigenvalue weighted by molar-refractivity contribution is 0.241. The average molecular weight is 236 g/mol. The van der Waals surface area contributed by atoms with Gasteiger partial charge in [0.1, 0.15) is 5.75 Å². The fourth-order valence-corrected chi connectivity index (χ4v) is 1.73. The van der Waals surface area contributed by atoms with Crippen LogP contribution in [0, 0.1) is 12.8 Å². The Morgan fingerprint density at radius 3 is 2.41 bits per heavy atom. The maximum atomic E-state index is 9.28. The Morgan fingerprint density at radius 2 is 1.88 bits per heavy atom. The summed E-state index contributed by atoms with van der Waals surface area (Å²) in [7, 11) is -1.48. The van der Waals surface area contributed by atoms with Crippen molar-refractivity contribution in [3.05, 3.63) is 23.8 Å². The van der Waals surface area contributed by atoms with Crippen LogP contribution in [0.5, 0.6) is 5.75 Å². The lowest BCUT2D eigenvalue weighted by atomic mass is 9.79. The lowest BCUT2D eigenvalue weighted by Crippen LogP contribution is -2.32. The van der Waals surface area contributed by atoms with Crippen molar-refractivity contribution in [2.75, 3.05) is 6.61 Å². The maximum absolute atomic E-state index is 9.28. The van der Waals surface area contributed by atoms with Gasteiger partial charge in [0.15, 0.2) is 0 Å². The molecule has 0 fully saturated rings. The average Bonchev–Trinajstić information content (AvgIpc) is 2.31. The summed E-state index contributed by atoms with van der Waals surface area (Å²) in [6.07, 6.45) is 2.14. The van der Waals surface area contributed by atoms with Crippen LogP contribution in [-0.2, 0) is 0 Å². The topological polar surface area (TPSA) is 49.7 Å². The maximum Gasteiger partial charge on any atom is 0.492 e. The second kappa shape index (κ2) is 6.67. The van der Waals surface area contributed by atoms with E-state index in [4.69, 9.17) is 4.74 Å². The highest BCUT2D eigenvalue weighted by Crippen LogP contribution is 2.14.